The summed E-state index contributed by atoms with van der Waals surface area (Å²) in [6, 6.07) is 2.60. The first-order valence-electron chi connectivity index (χ1n) is 8.77. The summed E-state index contributed by atoms with van der Waals surface area (Å²) in [5.74, 6) is -1.14. The highest BCUT2D eigenvalue weighted by Crippen LogP contribution is 2.25. The van der Waals surface area contributed by atoms with Gasteiger partial charge in [-0.25, -0.2) is 9.37 Å². The van der Waals surface area contributed by atoms with Crippen LogP contribution in [0.3, 0.4) is 0 Å². The van der Waals surface area contributed by atoms with E-state index < -0.39 is 23.5 Å². The number of alkyl halides is 3. The van der Waals surface area contributed by atoms with E-state index >= 15 is 0 Å². The van der Waals surface area contributed by atoms with Gasteiger partial charge in [0.25, 0.3) is 5.56 Å². The van der Waals surface area contributed by atoms with Crippen LogP contribution >= 0.6 is 0 Å². The van der Waals surface area contributed by atoms with E-state index in [9.17, 15) is 22.4 Å². The van der Waals surface area contributed by atoms with Crippen molar-refractivity contribution in [2.24, 2.45) is 0 Å². The average Bonchev–Trinajstić information content (AvgIpc) is 2.64. The SMILES string of the molecule is N=Cc1c(NC2CCOCC2)nc(Cc2cc(OC(F)(F)F)ccc2F)[nH]c1=O. The first-order valence-corrected chi connectivity index (χ1v) is 8.77. The Hall–Kier alpha value is -2.95. The van der Waals surface area contributed by atoms with Crippen LogP contribution in [0, 0.1) is 11.2 Å². The number of benzene rings is 1. The number of H-pyrrole nitrogens is 1. The van der Waals surface area contributed by atoms with Gasteiger partial charge >= 0.3 is 6.36 Å². The summed E-state index contributed by atoms with van der Waals surface area (Å²) in [5.41, 5.74) is -0.730. The fraction of sp³-hybridized carbons (Fsp3) is 0.389. The smallest absolute Gasteiger partial charge is 0.406 e. The zero-order valence-corrected chi connectivity index (χ0v) is 15.1. The molecule has 1 saturated heterocycles. The standard InChI is InChI=1S/C18H18F4N4O3/c19-14-2-1-12(29-18(20,21)22)7-10(14)8-15-25-16(13(9-23)17(27)26-15)24-11-3-5-28-6-4-11/h1-2,7,9,11,23H,3-6,8H2,(H2,24,25,26,27). The van der Waals surface area contributed by atoms with Gasteiger partial charge in [-0.1, -0.05) is 0 Å². The molecule has 3 N–H and O–H groups in total. The van der Waals surface area contributed by atoms with Crippen LogP contribution in [0.1, 0.15) is 29.8 Å². The predicted octanol–water partition coefficient (Wildman–Crippen LogP) is 2.99. The Morgan fingerprint density at radius 2 is 2.07 bits per heavy atom. The number of nitrogens with one attached hydrogen (secondary N) is 3. The third-order valence-electron chi connectivity index (χ3n) is 4.32. The van der Waals surface area contributed by atoms with Gasteiger partial charge < -0.3 is 25.2 Å². The minimum absolute atomic E-state index is 0.00914. The molecule has 1 aliphatic heterocycles. The Morgan fingerprint density at radius 3 is 2.72 bits per heavy atom. The van der Waals surface area contributed by atoms with Gasteiger partial charge in [0.2, 0.25) is 0 Å². The van der Waals surface area contributed by atoms with Crippen molar-refractivity contribution in [3.63, 3.8) is 0 Å². The Labute approximate surface area is 162 Å². The van der Waals surface area contributed by atoms with Crippen LogP contribution in [0.2, 0.25) is 0 Å². The molecule has 0 amide bonds. The monoisotopic (exact) mass is 414 g/mol. The van der Waals surface area contributed by atoms with Crippen molar-refractivity contribution in [1.29, 1.82) is 5.41 Å². The van der Waals surface area contributed by atoms with Crippen LogP contribution in [0.25, 0.3) is 0 Å². The predicted molar refractivity (Wildman–Crippen MR) is 96.1 cm³/mol. The molecular weight excluding hydrogens is 396 g/mol. The van der Waals surface area contributed by atoms with Gasteiger partial charge in [-0.3, -0.25) is 4.79 Å². The van der Waals surface area contributed by atoms with Gasteiger partial charge in [0, 0.05) is 31.9 Å². The lowest BCUT2D eigenvalue weighted by Gasteiger charge is -2.24. The van der Waals surface area contributed by atoms with Crippen molar-refractivity contribution in [2.45, 2.75) is 31.7 Å². The number of aromatic amines is 1. The van der Waals surface area contributed by atoms with Crippen molar-refractivity contribution in [3.05, 3.63) is 51.3 Å². The zero-order valence-electron chi connectivity index (χ0n) is 15.1. The lowest BCUT2D eigenvalue weighted by molar-refractivity contribution is -0.274. The van der Waals surface area contributed by atoms with E-state index in [1.54, 1.807) is 0 Å². The molecule has 0 spiro atoms. The summed E-state index contributed by atoms with van der Waals surface area (Å²) in [6.45, 7) is 1.09. The molecule has 29 heavy (non-hydrogen) atoms. The van der Waals surface area contributed by atoms with Crippen molar-refractivity contribution in [1.82, 2.24) is 9.97 Å². The molecule has 0 saturated carbocycles. The number of nitrogens with zero attached hydrogens (tertiary/aromatic N) is 1. The third kappa shape index (κ3) is 5.53. The highest BCUT2D eigenvalue weighted by molar-refractivity contribution is 5.83. The van der Waals surface area contributed by atoms with Gasteiger partial charge in [-0.15, -0.1) is 13.2 Å². The topological polar surface area (TPSA) is 100 Å². The van der Waals surface area contributed by atoms with E-state index in [2.05, 4.69) is 20.0 Å². The average molecular weight is 414 g/mol. The number of rotatable bonds is 6. The summed E-state index contributed by atoms with van der Waals surface area (Å²) in [7, 11) is 0. The highest BCUT2D eigenvalue weighted by atomic mass is 19.4. The molecule has 156 valence electrons. The molecule has 1 aliphatic rings. The Balaban J connectivity index is 1.88. The Morgan fingerprint density at radius 1 is 1.34 bits per heavy atom. The summed E-state index contributed by atoms with van der Waals surface area (Å²) in [6.07, 6.45) is -2.94. The lowest BCUT2D eigenvalue weighted by atomic mass is 10.1. The fourth-order valence-electron chi connectivity index (χ4n) is 2.96. The maximum Gasteiger partial charge on any atom is 0.573 e. The Kier molecular flexibility index (Phi) is 6.16. The van der Waals surface area contributed by atoms with E-state index in [0.717, 1.165) is 24.4 Å². The molecular formula is C18H18F4N4O3. The molecule has 0 unspecified atom stereocenters. The van der Waals surface area contributed by atoms with E-state index in [4.69, 9.17) is 10.1 Å². The molecule has 0 atom stereocenters. The van der Waals surface area contributed by atoms with Crippen molar-refractivity contribution in [3.8, 4) is 5.75 Å². The second-order valence-corrected chi connectivity index (χ2v) is 6.43. The van der Waals surface area contributed by atoms with Crippen LogP contribution in [0.4, 0.5) is 23.4 Å². The normalized spacial score (nSPS) is 15.2. The quantitative estimate of drug-likeness (QED) is 0.499. The molecule has 11 heteroatoms. The molecule has 0 aliphatic carbocycles. The molecule has 1 aromatic heterocycles. The maximum absolute atomic E-state index is 14.1. The van der Waals surface area contributed by atoms with Gasteiger partial charge in [0.1, 0.15) is 23.2 Å². The number of halogens is 4. The first kappa shape index (κ1) is 20.8. The van der Waals surface area contributed by atoms with Gasteiger partial charge in [-0.05, 0) is 36.6 Å². The summed E-state index contributed by atoms with van der Waals surface area (Å²) >= 11 is 0. The molecule has 2 aromatic rings. The Bertz CT molecular complexity index is 940. The van der Waals surface area contributed by atoms with E-state index in [-0.39, 0.29) is 35.2 Å². The van der Waals surface area contributed by atoms with E-state index in [1.807, 2.05) is 0 Å². The third-order valence-corrected chi connectivity index (χ3v) is 4.32. The lowest BCUT2D eigenvalue weighted by Crippen LogP contribution is -2.30. The number of hydrogen-bond acceptors (Lipinski definition) is 6. The molecule has 0 radical (unpaired) electrons. The number of aromatic nitrogens is 2. The number of ether oxygens (including phenoxy) is 2. The molecule has 7 nitrogen and oxygen atoms in total. The van der Waals surface area contributed by atoms with Crippen LogP contribution in [0.5, 0.6) is 5.75 Å². The van der Waals surface area contributed by atoms with Crippen LogP contribution in [-0.4, -0.2) is 41.8 Å². The zero-order chi connectivity index (χ0) is 21.0. The summed E-state index contributed by atoms with van der Waals surface area (Å²) in [5, 5.41) is 10.5. The van der Waals surface area contributed by atoms with Gasteiger partial charge in [-0.2, -0.15) is 0 Å². The van der Waals surface area contributed by atoms with Gasteiger partial charge in [0.05, 0.1) is 5.56 Å². The van der Waals surface area contributed by atoms with Crippen LogP contribution < -0.4 is 15.6 Å². The second kappa shape index (κ2) is 8.60. The van der Waals surface area contributed by atoms with Crippen molar-refractivity contribution >= 4 is 12.0 Å². The largest absolute Gasteiger partial charge is 0.573 e. The van der Waals surface area contributed by atoms with Crippen molar-refractivity contribution in [2.75, 3.05) is 18.5 Å². The minimum atomic E-state index is -4.91. The van der Waals surface area contributed by atoms with Crippen molar-refractivity contribution < 1.29 is 27.0 Å². The highest BCUT2D eigenvalue weighted by Gasteiger charge is 2.31. The molecule has 1 aromatic carbocycles. The molecule has 2 heterocycles. The summed E-state index contributed by atoms with van der Waals surface area (Å²) in [4.78, 5) is 19.0. The molecule has 3 rings (SSSR count). The van der Waals surface area contributed by atoms with Crippen LogP contribution in [-0.2, 0) is 11.2 Å². The minimum Gasteiger partial charge on any atom is -0.406 e. The van der Waals surface area contributed by atoms with Crippen LogP contribution in [0.15, 0.2) is 23.0 Å². The van der Waals surface area contributed by atoms with E-state index in [1.165, 1.54) is 0 Å². The fourth-order valence-corrected chi connectivity index (χ4v) is 2.96. The molecule has 1 fully saturated rings. The maximum atomic E-state index is 14.1. The van der Waals surface area contributed by atoms with Gasteiger partial charge in [0.15, 0.2) is 0 Å². The van der Waals surface area contributed by atoms with E-state index in [0.29, 0.717) is 26.1 Å². The molecule has 0 bridgehead atoms. The number of hydrogen-bond donors (Lipinski definition) is 3. The number of anilines is 1. The first-order chi connectivity index (χ1) is 13.7. The summed E-state index contributed by atoms with van der Waals surface area (Å²) < 4.78 is 60.4. The second-order valence-electron chi connectivity index (χ2n) is 6.43.